The molecule has 1 heterocycles. The minimum atomic E-state index is -4.95. The molecule has 12 nitrogen and oxygen atoms in total. The van der Waals surface area contributed by atoms with E-state index in [1.807, 2.05) is 0 Å². The third kappa shape index (κ3) is 6.54. The lowest BCUT2D eigenvalue weighted by Gasteiger charge is -2.42. The highest BCUT2D eigenvalue weighted by atomic mass is 32.3. The van der Waals surface area contributed by atoms with Gasteiger partial charge in [-0.15, -0.1) is 0 Å². The summed E-state index contributed by atoms with van der Waals surface area (Å²) < 4.78 is 74.2. The van der Waals surface area contributed by atoms with Crippen molar-refractivity contribution in [1.82, 2.24) is 0 Å². The normalized spacial score (nSPS) is 32.4. The zero-order chi connectivity index (χ0) is 18.0. The molecule has 1 aliphatic rings. The molecule has 138 valence electrons. The largest absolute Gasteiger partial charge is 0.397 e. The van der Waals surface area contributed by atoms with Gasteiger partial charge in [0.25, 0.3) is 0 Å². The molecule has 6 atom stereocenters. The first-order valence-electron chi connectivity index (χ1n) is 6.32. The first kappa shape index (κ1) is 20.6. The van der Waals surface area contributed by atoms with Crippen molar-refractivity contribution in [2.24, 2.45) is 11.7 Å². The van der Waals surface area contributed by atoms with Gasteiger partial charge in [0, 0.05) is 5.92 Å². The molecule has 0 radical (unpaired) electrons. The van der Waals surface area contributed by atoms with Crippen LogP contribution in [0.3, 0.4) is 0 Å². The summed E-state index contributed by atoms with van der Waals surface area (Å²) in [6.45, 7) is 0.0596. The van der Waals surface area contributed by atoms with E-state index in [9.17, 15) is 27.0 Å². The van der Waals surface area contributed by atoms with Gasteiger partial charge in [-0.25, -0.2) is 8.37 Å². The number of hydrogen-bond acceptors (Lipinski definition) is 10. The van der Waals surface area contributed by atoms with Crippen LogP contribution in [0.1, 0.15) is 6.92 Å². The van der Waals surface area contributed by atoms with E-state index in [0.717, 1.165) is 0 Å². The third-order valence-electron chi connectivity index (χ3n) is 3.24. The molecule has 1 rings (SSSR count). The summed E-state index contributed by atoms with van der Waals surface area (Å²) in [6, 6.07) is -1.11. The average Bonchev–Trinajstić information content (AvgIpc) is 2.36. The monoisotopic (exact) mass is 381 g/mol. The predicted octanol–water partition coefficient (Wildman–Crippen LogP) is -2.92. The molecule has 0 bridgehead atoms. The smallest absolute Gasteiger partial charge is 0.391 e. The topological polar surface area (TPSA) is 203 Å². The lowest BCUT2D eigenvalue weighted by molar-refractivity contribution is -0.160. The summed E-state index contributed by atoms with van der Waals surface area (Å²) in [6.07, 6.45) is -5.87. The van der Waals surface area contributed by atoms with Crippen LogP contribution in [-0.4, -0.2) is 79.8 Å². The Labute approximate surface area is 133 Å². The maximum absolute atomic E-state index is 10.9. The molecule has 0 aromatic heterocycles. The number of hydrogen-bond donors (Lipinski definition) is 5. The minimum absolute atomic E-state index is 0.317. The molecular formula is C9H19NO11S2. The van der Waals surface area contributed by atoms with E-state index in [2.05, 4.69) is 8.37 Å². The van der Waals surface area contributed by atoms with Gasteiger partial charge < -0.3 is 20.7 Å². The summed E-state index contributed by atoms with van der Waals surface area (Å²) in [5.74, 6) is -1.37. The van der Waals surface area contributed by atoms with Crippen molar-refractivity contribution in [3.63, 3.8) is 0 Å². The number of aliphatic hydroxyl groups excluding tert-OH is 2. The van der Waals surface area contributed by atoms with E-state index in [1.54, 1.807) is 0 Å². The maximum atomic E-state index is 10.9. The Morgan fingerprint density at radius 3 is 2.22 bits per heavy atom. The van der Waals surface area contributed by atoms with Gasteiger partial charge in [0.1, 0.15) is 6.10 Å². The van der Waals surface area contributed by atoms with E-state index in [0.29, 0.717) is 0 Å². The van der Waals surface area contributed by atoms with Crippen molar-refractivity contribution >= 4 is 20.8 Å². The Hall–Kier alpha value is -0.420. The number of ether oxygens (including phenoxy) is 1. The molecule has 1 aliphatic heterocycles. The van der Waals surface area contributed by atoms with Crippen LogP contribution in [0.4, 0.5) is 0 Å². The van der Waals surface area contributed by atoms with Crippen LogP contribution in [0.5, 0.6) is 0 Å². The summed E-state index contributed by atoms with van der Waals surface area (Å²) in [5, 5.41) is 19.5. The Balaban J connectivity index is 3.08. The zero-order valence-electron chi connectivity index (χ0n) is 11.9. The highest BCUT2D eigenvalue weighted by molar-refractivity contribution is 7.81. The maximum Gasteiger partial charge on any atom is 0.397 e. The molecular weight excluding hydrogens is 362 g/mol. The number of rotatable bonds is 7. The van der Waals surface area contributed by atoms with Crippen LogP contribution in [-0.2, 0) is 33.9 Å². The van der Waals surface area contributed by atoms with Crippen molar-refractivity contribution in [3.05, 3.63) is 0 Å². The Morgan fingerprint density at radius 2 is 1.78 bits per heavy atom. The Morgan fingerprint density at radius 1 is 1.22 bits per heavy atom. The standard InChI is InChI=1S/C9H19NO11S2/c1-4(11)8(12)7-6(3-20-22(13,14)15)19-2-5(10)9(7)21-23(16,17)18/h4-9,11-12H,2-3,10H2,1H3,(H,13,14,15)(H,16,17,18)/t4?,5?,6?,7-,8?,9-/m0/s1. The third-order valence-corrected chi connectivity index (χ3v) is 4.14. The van der Waals surface area contributed by atoms with Crippen molar-refractivity contribution in [1.29, 1.82) is 0 Å². The number of aliphatic hydroxyl groups is 2. The Kier molecular flexibility index (Phi) is 6.85. The molecule has 6 N–H and O–H groups in total. The van der Waals surface area contributed by atoms with Gasteiger partial charge in [-0.3, -0.25) is 9.11 Å². The van der Waals surface area contributed by atoms with Gasteiger partial charge in [-0.1, -0.05) is 0 Å². The van der Waals surface area contributed by atoms with E-state index in [1.165, 1.54) is 6.92 Å². The first-order chi connectivity index (χ1) is 10.3. The molecule has 1 saturated heterocycles. The fourth-order valence-corrected chi connectivity index (χ4v) is 3.12. The average molecular weight is 381 g/mol. The van der Waals surface area contributed by atoms with E-state index >= 15 is 0 Å². The second kappa shape index (κ2) is 7.64. The van der Waals surface area contributed by atoms with E-state index in [4.69, 9.17) is 19.6 Å². The quantitative estimate of drug-likeness (QED) is 0.281. The fourth-order valence-electron chi connectivity index (χ4n) is 2.26. The van der Waals surface area contributed by atoms with Gasteiger partial charge in [0.15, 0.2) is 0 Å². The van der Waals surface area contributed by atoms with Gasteiger partial charge in [-0.2, -0.15) is 16.8 Å². The van der Waals surface area contributed by atoms with E-state index in [-0.39, 0.29) is 6.61 Å². The minimum Gasteiger partial charge on any atom is -0.391 e. The lowest BCUT2D eigenvalue weighted by atomic mass is 9.83. The molecule has 0 saturated carbocycles. The van der Waals surface area contributed by atoms with Crippen molar-refractivity contribution < 1.29 is 49.3 Å². The summed E-state index contributed by atoms with van der Waals surface area (Å²) in [7, 11) is -9.78. The van der Waals surface area contributed by atoms with E-state index < -0.39 is 63.8 Å². The first-order valence-corrected chi connectivity index (χ1v) is 9.05. The van der Waals surface area contributed by atoms with Crippen LogP contribution in [0.2, 0.25) is 0 Å². The summed E-state index contributed by atoms with van der Waals surface area (Å²) >= 11 is 0. The van der Waals surface area contributed by atoms with Gasteiger partial charge >= 0.3 is 20.8 Å². The van der Waals surface area contributed by atoms with Crippen molar-refractivity contribution in [2.45, 2.75) is 37.4 Å². The number of nitrogens with two attached hydrogens (primary N) is 1. The summed E-state index contributed by atoms with van der Waals surface area (Å²) in [5.41, 5.74) is 5.63. The molecule has 14 heteroatoms. The summed E-state index contributed by atoms with van der Waals surface area (Å²) in [4.78, 5) is 0. The molecule has 0 aliphatic carbocycles. The van der Waals surface area contributed by atoms with Crippen LogP contribution in [0, 0.1) is 5.92 Å². The lowest BCUT2D eigenvalue weighted by Crippen LogP contribution is -2.61. The van der Waals surface area contributed by atoms with Crippen molar-refractivity contribution in [2.75, 3.05) is 13.2 Å². The predicted molar refractivity (Wildman–Crippen MR) is 72.8 cm³/mol. The SMILES string of the molecule is CC(O)C(O)[C@@H]1C(COS(=O)(=O)O)OCC(N)[C@@H]1OS(=O)(=O)O. The van der Waals surface area contributed by atoms with Gasteiger partial charge in [0.2, 0.25) is 0 Å². The van der Waals surface area contributed by atoms with Crippen LogP contribution >= 0.6 is 0 Å². The molecule has 23 heavy (non-hydrogen) atoms. The van der Waals surface area contributed by atoms with Gasteiger partial charge in [0.05, 0.1) is 37.6 Å². The van der Waals surface area contributed by atoms with Crippen LogP contribution in [0.15, 0.2) is 0 Å². The molecule has 0 aromatic carbocycles. The van der Waals surface area contributed by atoms with Crippen molar-refractivity contribution in [3.8, 4) is 0 Å². The second-order valence-electron chi connectivity index (χ2n) is 5.05. The fraction of sp³-hybridized carbons (Fsp3) is 1.00. The highest BCUT2D eigenvalue weighted by Gasteiger charge is 2.47. The molecule has 0 aromatic rings. The molecule has 0 spiro atoms. The highest BCUT2D eigenvalue weighted by Crippen LogP contribution is 2.29. The van der Waals surface area contributed by atoms with Gasteiger partial charge in [-0.05, 0) is 6.92 Å². The Bertz CT molecular complexity index is 589. The van der Waals surface area contributed by atoms with Crippen LogP contribution < -0.4 is 5.73 Å². The zero-order valence-corrected chi connectivity index (χ0v) is 13.6. The van der Waals surface area contributed by atoms with Crippen LogP contribution in [0.25, 0.3) is 0 Å². The second-order valence-corrected chi connectivity index (χ2v) is 7.18. The molecule has 1 fully saturated rings. The molecule has 0 amide bonds. The molecule has 4 unspecified atom stereocenters.